The zero-order valence-corrected chi connectivity index (χ0v) is 25.6. The Morgan fingerprint density at radius 2 is 1.76 bits per heavy atom. The van der Waals surface area contributed by atoms with Gasteiger partial charge in [-0.25, -0.2) is 14.0 Å². The number of likely N-dealkylation sites (tertiary alicyclic amines) is 1. The first-order valence-electron chi connectivity index (χ1n) is 13.1. The summed E-state index contributed by atoms with van der Waals surface area (Å²) in [6.45, 7) is 17.8. The van der Waals surface area contributed by atoms with E-state index in [9.17, 15) is 14.1 Å². The predicted octanol–water partition coefficient (Wildman–Crippen LogP) is 6.37. The quantitative estimate of drug-likeness (QED) is 0.380. The zero-order chi connectivity index (χ0) is 29.0. The van der Waals surface area contributed by atoms with Crippen LogP contribution in [0.1, 0.15) is 85.4 Å². The number of ether oxygens (including phenoxy) is 2. The number of halogens is 2. The zero-order valence-electron chi connectivity index (χ0n) is 24.1. The van der Waals surface area contributed by atoms with E-state index in [1.807, 2.05) is 55.4 Å². The van der Waals surface area contributed by atoms with Crippen molar-refractivity contribution in [3.63, 3.8) is 0 Å². The smallest absolute Gasteiger partial charge is 0.415 e. The van der Waals surface area contributed by atoms with Crippen molar-refractivity contribution in [3.05, 3.63) is 28.0 Å². The summed E-state index contributed by atoms with van der Waals surface area (Å²) in [4.78, 5) is 28.6. The van der Waals surface area contributed by atoms with Gasteiger partial charge in [0, 0.05) is 37.5 Å². The molecule has 2 amide bonds. The van der Waals surface area contributed by atoms with Crippen molar-refractivity contribution < 1.29 is 28.0 Å². The predicted molar refractivity (Wildman–Crippen MR) is 149 cm³/mol. The minimum absolute atomic E-state index is 0.0410. The number of carbonyl (C=O) groups is 2. The Balaban J connectivity index is 2.49. The largest absolute Gasteiger partial charge is 0.598 e. The molecule has 216 valence electrons. The molecule has 8 nitrogen and oxygen atoms in total. The van der Waals surface area contributed by atoms with Gasteiger partial charge in [-0.1, -0.05) is 11.6 Å². The molecule has 1 aromatic rings. The number of nitrogens with one attached hydrogen (secondary N) is 1. The number of amides is 2. The van der Waals surface area contributed by atoms with Gasteiger partial charge in [-0.15, -0.1) is 4.72 Å². The van der Waals surface area contributed by atoms with Crippen LogP contribution in [0, 0.1) is 18.7 Å². The fraction of sp³-hybridized carbons (Fsp3) is 0.704. The topological polar surface area (TPSA) is 94.2 Å². The molecule has 2 rings (SSSR count). The van der Waals surface area contributed by atoms with E-state index in [2.05, 4.69) is 4.72 Å². The second-order valence-corrected chi connectivity index (χ2v) is 13.9. The van der Waals surface area contributed by atoms with E-state index >= 15 is 4.39 Å². The van der Waals surface area contributed by atoms with Gasteiger partial charge in [-0.2, -0.15) is 0 Å². The SMILES string of the molecule is CCN(CC)C(=O)Oc1cc(C)c(Cl)c(F)c1[C@H](N[S@@+]([O-])C(C)(C)C)C1CCN(C(=O)OC(C)(C)C)CC1. The molecule has 1 aliphatic rings. The second-order valence-electron chi connectivity index (χ2n) is 11.6. The third kappa shape index (κ3) is 8.37. The van der Waals surface area contributed by atoms with E-state index in [-0.39, 0.29) is 22.3 Å². The van der Waals surface area contributed by atoms with Crippen LogP contribution in [0.3, 0.4) is 0 Å². The summed E-state index contributed by atoms with van der Waals surface area (Å²) in [5.41, 5.74) is -0.132. The molecule has 1 aromatic carbocycles. The van der Waals surface area contributed by atoms with E-state index in [0.717, 1.165) is 0 Å². The Labute approximate surface area is 234 Å². The van der Waals surface area contributed by atoms with Gasteiger partial charge >= 0.3 is 12.2 Å². The lowest BCUT2D eigenvalue weighted by Gasteiger charge is -2.38. The number of benzene rings is 1. The second kappa shape index (κ2) is 13.1. The average molecular weight is 576 g/mol. The van der Waals surface area contributed by atoms with E-state index in [1.54, 1.807) is 17.9 Å². The van der Waals surface area contributed by atoms with Crippen LogP contribution in [-0.4, -0.2) is 63.1 Å². The highest BCUT2D eigenvalue weighted by atomic mass is 35.5. The summed E-state index contributed by atoms with van der Waals surface area (Å²) < 4.78 is 42.9. The Bertz CT molecular complexity index is 986. The molecule has 1 fully saturated rings. The monoisotopic (exact) mass is 575 g/mol. The Hall–Kier alpha value is -1.75. The minimum Gasteiger partial charge on any atom is -0.598 e. The van der Waals surface area contributed by atoms with Crippen molar-refractivity contribution in [2.75, 3.05) is 26.2 Å². The lowest BCUT2D eigenvalue weighted by atomic mass is 9.85. The Morgan fingerprint density at radius 3 is 2.24 bits per heavy atom. The maximum absolute atomic E-state index is 15.9. The summed E-state index contributed by atoms with van der Waals surface area (Å²) in [5, 5.41) is -0.0813. The maximum atomic E-state index is 15.9. The average Bonchev–Trinajstić information content (AvgIpc) is 2.81. The van der Waals surface area contributed by atoms with Gasteiger partial charge in [0.15, 0.2) is 5.82 Å². The van der Waals surface area contributed by atoms with Crippen molar-refractivity contribution >= 4 is 35.1 Å². The van der Waals surface area contributed by atoms with Crippen LogP contribution >= 0.6 is 11.6 Å². The first-order valence-corrected chi connectivity index (χ1v) is 14.6. The Kier molecular flexibility index (Phi) is 11.2. The Morgan fingerprint density at radius 1 is 1.21 bits per heavy atom. The molecule has 1 saturated heterocycles. The third-order valence-electron chi connectivity index (χ3n) is 6.37. The summed E-state index contributed by atoms with van der Waals surface area (Å²) in [6.07, 6.45) is -0.0240. The highest BCUT2D eigenvalue weighted by Crippen LogP contribution is 2.42. The molecule has 0 saturated carbocycles. The number of piperidine rings is 1. The molecule has 0 spiro atoms. The van der Waals surface area contributed by atoms with Crippen LogP contribution in [0.5, 0.6) is 5.75 Å². The molecular weight excluding hydrogens is 533 g/mol. The van der Waals surface area contributed by atoms with Gasteiger partial charge in [-0.3, -0.25) is 0 Å². The number of carbonyl (C=O) groups excluding carboxylic acids is 2. The molecule has 0 radical (unpaired) electrons. The number of aryl methyl sites for hydroxylation is 1. The van der Waals surface area contributed by atoms with Crippen LogP contribution in [0.2, 0.25) is 5.02 Å². The molecular formula is C27H43ClFN3O5S. The summed E-state index contributed by atoms with van der Waals surface area (Å²) in [5.74, 6) is -0.898. The molecule has 0 unspecified atom stereocenters. The van der Waals surface area contributed by atoms with Gasteiger partial charge < -0.3 is 23.8 Å². The standard InChI is InChI=1S/C27H43ClFN3O5S/c1-10-31(11-2)24(33)36-19-16-17(3)21(28)22(29)20(19)23(30-38(35)27(7,8)9)18-12-14-32(15-13-18)25(34)37-26(4,5)6/h16,18,23,30H,10-15H2,1-9H3/t23-,38+/m1/s1. The van der Waals surface area contributed by atoms with E-state index in [4.69, 9.17) is 21.1 Å². The van der Waals surface area contributed by atoms with Crippen molar-refractivity contribution in [1.82, 2.24) is 14.5 Å². The molecule has 0 aliphatic carbocycles. The van der Waals surface area contributed by atoms with Gasteiger partial charge in [0.05, 0.1) is 16.6 Å². The maximum Gasteiger partial charge on any atom is 0.415 e. The van der Waals surface area contributed by atoms with Gasteiger partial charge in [0.25, 0.3) is 0 Å². The number of nitrogens with zero attached hydrogens (tertiary/aromatic N) is 2. The number of rotatable bonds is 7. The van der Waals surface area contributed by atoms with Crippen LogP contribution in [-0.2, 0) is 16.1 Å². The summed E-state index contributed by atoms with van der Waals surface area (Å²) in [6, 6.07) is 0.764. The van der Waals surface area contributed by atoms with Crippen molar-refractivity contribution in [2.45, 2.75) is 91.5 Å². The normalized spacial score (nSPS) is 16.7. The molecule has 1 aliphatic heterocycles. The summed E-state index contributed by atoms with van der Waals surface area (Å²) in [7, 11) is 0. The minimum atomic E-state index is -1.57. The van der Waals surface area contributed by atoms with Crippen LogP contribution < -0.4 is 9.46 Å². The van der Waals surface area contributed by atoms with E-state index < -0.39 is 45.8 Å². The van der Waals surface area contributed by atoms with E-state index in [0.29, 0.717) is 44.6 Å². The number of hydrogen-bond donors (Lipinski definition) is 1. The molecule has 1 N–H and O–H groups in total. The fourth-order valence-corrected chi connectivity index (χ4v) is 5.23. The first kappa shape index (κ1) is 32.5. The van der Waals surface area contributed by atoms with E-state index in [1.165, 1.54) is 4.90 Å². The lowest BCUT2D eigenvalue weighted by Crippen LogP contribution is -2.47. The third-order valence-corrected chi connectivity index (χ3v) is 8.42. The van der Waals surface area contributed by atoms with Crippen molar-refractivity contribution in [1.29, 1.82) is 0 Å². The molecule has 38 heavy (non-hydrogen) atoms. The molecule has 11 heteroatoms. The van der Waals surface area contributed by atoms with Crippen molar-refractivity contribution in [3.8, 4) is 5.75 Å². The van der Waals surface area contributed by atoms with Gasteiger partial charge in [-0.05, 0) is 92.7 Å². The van der Waals surface area contributed by atoms with Crippen LogP contribution in [0.15, 0.2) is 6.07 Å². The molecule has 1 heterocycles. The number of hydrogen-bond acceptors (Lipinski definition) is 6. The van der Waals surface area contributed by atoms with Gasteiger partial charge in [0.2, 0.25) is 0 Å². The molecule has 0 aromatic heterocycles. The van der Waals surface area contributed by atoms with Crippen LogP contribution in [0.25, 0.3) is 0 Å². The highest BCUT2D eigenvalue weighted by molar-refractivity contribution is 7.90. The highest BCUT2D eigenvalue weighted by Gasteiger charge is 2.40. The molecule has 2 atom stereocenters. The fourth-order valence-electron chi connectivity index (χ4n) is 4.18. The molecule has 0 bridgehead atoms. The van der Waals surface area contributed by atoms with Crippen LogP contribution in [0.4, 0.5) is 14.0 Å². The van der Waals surface area contributed by atoms with Crippen molar-refractivity contribution in [2.24, 2.45) is 5.92 Å². The lowest BCUT2D eigenvalue weighted by molar-refractivity contribution is 0.0170. The summed E-state index contributed by atoms with van der Waals surface area (Å²) >= 11 is 4.78. The van der Waals surface area contributed by atoms with Gasteiger partial charge in [0.1, 0.15) is 16.1 Å². The first-order chi connectivity index (χ1) is 17.5.